The first-order chi connectivity index (χ1) is 9.47. The van der Waals surface area contributed by atoms with Gasteiger partial charge in [0.1, 0.15) is 11.5 Å². The Morgan fingerprint density at radius 1 is 1.45 bits per heavy atom. The van der Waals surface area contributed by atoms with Gasteiger partial charge in [-0.2, -0.15) is 11.8 Å². The Balaban J connectivity index is 2.13. The fourth-order valence-corrected chi connectivity index (χ4v) is 2.25. The van der Waals surface area contributed by atoms with E-state index in [9.17, 15) is 14.9 Å². The number of nitrogens with one attached hydrogen (secondary N) is 1. The van der Waals surface area contributed by atoms with Crippen LogP contribution in [-0.2, 0) is 17.1 Å². The van der Waals surface area contributed by atoms with Gasteiger partial charge >= 0.3 is 0 Å². The minimum Gasteiger partial charge on any atom is -0.464 e. The van der Waals surface area contributed by atoms with Gasteiger partial charge in [-0.25, -0.2) is 0 Å². The lowest BCUT2D eigenvalue weighted by molar-refractivity contribution is -0.467. The van der Waals surface area contributed by atoms with E-state index in [1.807, 2.05) is 31.1 Å². The van der Waals surface area contributed by atoms with Crippen LogP contribution in [0.5, 0.6) is 0 Å². The van der Waals surface area contributed by atoms with Crippen LogP contribution < -0.4 is 5.32 Å². The number of carbonyl (C=O) groups excluding carboxylic acids is 1. The van der Waals surface area contributed by atoms with Crippen molar-refractivity contribution in [2.24, 2.45) is 0 Å². The Hall–Kier alpha value is -1.54. The zero-order valence-corrected chi connectivity index (χ0v) is 12.4. The molecule has 0 aromatic carbocycles. The molecule has 1 amide bonds. The highest BCUT2D eigenvalue weighted by Gasteiger charge is 2.08. The summed E-state index contributed by atoms with van der Waals surface area (Å²) in [5.41, 5.74) is 0. The molecule has 1 heterocycles. The van der Waals surface area contributed by atoms with E-state index in [2.05, 4.69) is 5.32 Å². The molecule has 0 radical (unpaired) electrons. The molecule has 0 spiro atoms. The fourth-order valence-electron chi connectivity index (χ4n) is 1.51. The van der Waals surface area contributed by atoms with Crippen LogP contribution in [0, 0.1) is 10.1 Å². The zero-order chi connectivity index (χ0) is 15.0. The number of furan rings is 1. The van der Waals surface area contributed by atoms with Crippen LogP contribution in [0.4, 0.5) is 0 Å². The summed E-state index contributed by atoms with van der Waals surface area (Å²) in [6.07, 6.45) is 0. The molecule has 1 aromatic heterocycles. The van der Waals surface area contributed by atoms with Gasteiger partial charge in [-0.3, -0.25) is 14.9 Å². The molecule has 1 N–H and O–H groups in total. The molecule has 112 valence electrons. The summed E-state index contributed by atoms with van der Waals surface area (Å²) in [4.78, 5) is 22.5. The first-order valence-corrected chi connectivity index (χ1v) is 7.31. The second kappa shape index (κ2) is 8.60. The van der Waals surface area contributed by atoms with Crippen molar-refractivity contribution in [2.75, 3.05) is 32.9 Å². The lowest BCUT2D eigenvalue weighted by atomic mass is 10.4. The Kier molecular flexibility index (Phi) is 7.10. The zero-order valence-electron chi connectivity index (χ0n) is 11.6. The minimum atomic E-state index is -0.670. The first-order valence-electron chi connectivity index (χ1n) is 6.16. The van der Waals surface area contributed by atoms with Crippen LogP contribution in [0.1, 0.15) is 11.5 Å². The molecule has 0 atom stereocenters. The summed E-state index contributed by atoms with van der Waals surface area (Å²) in [5, 5.41) is 12.6. The third-order valence-corrected chi connectivity index (χ3v) is 3.26. The predicted molar refractivity (Wildman–Crippen MR) is 77.1 cm³/mol. The summed E-state index contributed by atoms with van der Waals surface area (Å²) < 4.78 is 5.64. The van der Waals surface area contributed by atoms with Crippen molar-refractivity contribution < 1.29 is 14.1 Å². The van der Waals surface area contributed by atoms with Crippen molar-refractivity contribution in [2.45, 2.75) is 12.3 Å². The molecule has 0 unspecified atom stereocenters. The number of thioether (sulfide) groups is 1. The van der Waals surface area contributed by atoms with E-state index < -0.39 is 17.4 Å². The van der Waals surface area contributed by atoms with Crippen LogP contribution in [0.3, 0.4) is 0 Å². The fraction of sp³-hybridized carbons (Fsp3) is 0.583. The van der Waals surface area contributed by atoms with Gasteiger partial charge in [0, 0.05) is 17.2 Å². The van der Waals surface area contributed by atoms with E-state index in [1.165, 1.54) is 0 Å². The molecular weight excluding hydrogens is 282 g/mol. The minimum absolute atomic E-state index is 0.419. The summed E-state index contributed by atoms with van der Waals surface area (Å²) >= 11 is 1.61. The van der Waals surface area contributed by atoms with E-state index >= 15 is 0 Å². The number of amides is 1. The van der Waals surface area contributed by atoms with E-state index in [0.29, 0.717) is 12.3 Å². The molecule has 0 saturated carbocycles. The SMILES string of the molecule is CN(C)Cc1ccc(CSCCNC(=O)C[N+](=O)[O-])o1. The summed E-state index contributed by atoms with van der Waals surface area (Å²) in [7, 11) is 3.95. The number of hydrogen-bond donors (Lipinski definition) is 1. The second-order valence-corrected chi connectivity index (χ2v) is 5.60. The molecule has 0 fully saturated rings. The van der Waals surface area contributed by atoms with Gasteiger partial charge in [0.15, 0.2) is 0 Å². The Labute approximate surface area is 121 Å². The maximum Gasteiger partial charge on any atom is 0.291 e. The van der Waals surface area contributed by atoms with E-state index in [1.54, 1.807) is 11.8 Å². The third-order valence-electron chi connectivity index (χ3n) is 2.27. The number of rotatable bonds is 9. The van der Waals surface area contributed by atoms with Crippen molar-refractivity contribution in [1.82, 2.24) is 10.2 Å². The quantitative estimate of drug-likeness (QED) is 0.415. The molecule has 0 bridgehead atoms. The smallest absolute Gasteiger partial charge is 0.291 e. The molecule has 0 aliphatic heterocycles. The number of hydrogen-bond acceptors (Lipinski definition) is 6. The highest BCUT2D eigenvalue weighted by molar-refractivity contribution is 7.98. The van der Waals surface area contributed by atoms with Gasteiger partial charge in [-0.05, 0) is 26.2 Å². The van der Waals surface area contributed by atoms with Gasteiger partial charge in [0.05, 0.1) is 12.3 Å². The largest absolute Gasteiger partial charge is 0.464 e. The molecule has 0 saturated heterocycles. The van der Waals surface area contributed by atoms with Gasteiger partial charge in [-0.1, -0.05) is 0 Å². The molecule has 1 rings (SSSR count). The van der Waals surface area contributed by atoms with Crippen LogP contribution in [0.2, 0.25) is 0 Å². The molecule has 8 heteroatoms. The van der Waals surface area contributed by atoms with E-state index in [-0.39, 0.29) is 0 Å². The molecule has 20 heavy (non-hydrogen) atoms. The molecular formula is C12H19N3O4S. The van der Waals surface area contributed by atoms with E-state index in [4.69, 9.17) is 4.42 Å². The van der Waals surface area contributed by atoms with Crippen LogP contribution in [0.15, 0.2) is 16.5 Å². The molecule has 1 aromatic rings. The van der Waals surface area contributed by atoms with Crippen molar-refractivity contribution in [3.8, 4) is 0 Å². The highest BCUT2D eigenvalue weighted by atomic mass is 32.2. The van der Waals surface area contributed by atoms with Crippen molar-refractivity contribution in [1.29, 1.82) is 0 Å². The van der Waals surface area contributed by atoms with E-state index in [0.717, 1.165) is 23.8 Å². The first kappa shape index (κ1) is 16.5. The monoisotopic (exact) mass is 301 g/mol. The highest BCUT2D eigenvalue weighted by Crippen LogP contribution is 2.15. The molecule has 0 aliphatic rings. The summed E-state index contributed by atoms with van der Waals surface area (Å²) in [6, 6.07) is 3.89. The number of nitro groups is 1. The second-order valence-electron chi connectivity index (χ2n) is 4.50. The van der Waals surface area contributed by atoms with Crippen LogP contribution in [0.25, 0.3) is 0 Å². The maximum absolute atomic E-state index is 11.0. The average molecular weight is 301 g/mol. The third kappa shape index (κ3) is 7.15. The molecule has 0 aliphatic carbocycles. The van der Waals surface area contributed by atoms with Crippen LogP contribution in [-0.4, -0.2) is 48.7 Å². The average Bonchev–Trinajstić information content (AvgIpc) is 2.74. The van der Waals surface area contributed by atoms with Gasteiger partial charge < -0.3 is 14.6 Å². The molecule has 7 nitrogen and oxygen atoms in total. The number of nitrogens with zero attached hydrogens (tertiary/aromatic N) is 2. The van der Waals surface area contributed by atoms with Gasteiger partial charge in [-0.15, -0.1) is 0 Å². The van der Waals surface area contributed by atoms with Gasteiger partial charge in [0.2, 0.25) is 0 Å². The lowest BCUT2D eigenvalue weighted by Crippen LogP contribution is -2.31. The Morgan fingerprint density at radius 3 is 2.80 bits per heavy atom. The van der Waals surface area contributed by atoms with Gasteiger partial charge in [0.25, 0.3) is 12.5 Å². The lowest BCUT2D eigenvalue weighted by Gasteiger charge is -2.05. The Bertz CT molecular complexity index is 448. The topological polar surface area (TPSA) is 88.6 Å². The summed E-state index contributed by atoms with van der Waals surface area (Å²) in [6.45, 7) is 0.515. The van der Waals surface area contributed by atoms with Crippen molar-refractivity contribution in [3.05, 3.63) is 33.8 Å². The van der Waals surface area contributed by atoms with Crippen LogP contribution >= 0.6 is 11.8 Å². The van der Waals surface area contributed by atoms with Crippen molar-refractivity contribution in [3.63, 3.8) is 0 Å². The predicted octanol–water partition coefficient (Wildman–Crippen LogP) is 0.967. The number of carbonyl (C=O) groups is 1. The standard InChI is InChI=1S/C12H19N3O4S/c1-14(2)7-10-3-4-11(19-10)9-20-6-5-13-12(16)8-15(17)18/h3-4H,5-9H2,1-2H3,(H,13,16). The summed E-state index contributed by atoms with van der Waals surface area (Å²) in [5.74, 6) is 2.67. The maximum atomic E-state index is 11.0. The van der Waals surface area contributed by atoms with Crippen molar-refractivity contribution >= 4 is 17.7 Å². The Morgan fingerprint density at radius 2 is 2.15 bits per heavy atom. The normalized spacial score (nSPS) is 10.8.